The van der Waals surface area contributed by atoms with Crippen molar-refractivity contribution in [3.05, 3.63) is 20.8 Å². The SMILES string of the molecule is CCCCn1c(N)c(N(CC(C)C)C(=O)C(C)C)c(=O)[nH]c1=O. The van der Waals surface area contributed by atoms with Gasteiger partial charge in [0.1, 0.15) is 5.82 Å². The number of unbranched alkanes of at least 4 members (excludes halogenated alkanes) is 1. The number of hydrogen-bond donors (Lipinski definition) is 2. The van der Waals surface area contributed by atoms with Gasteiger partial charge in [-0.25, -0.2) is 4.79 Å². The molecule has 130 valence electrons. The molecular formula is C16H28N4O3. The largest absolute Gasteiger partial charge is 0.383 e. The van der Waals surface area contributed by atoms with Gasteiger partial charge in [-0.15, -0.1) is 0 Å². The third-order valence-electron chi connectivity index (χ3n) is 3.53. The zero-order chi connectivity index (χ0) is 17.7. The highest BCUT2D eigenvalue weighted by molar-refractivity contribution is 5.96. The van der Waals surface area contributed by atoms with Crippen molar-refractivity contribution >= 4 is 17.4 Å². The normalized spacial score (nSPS) is 11.3. The Morgan fingerprint density at radius 3 is 2.35 bits per heavy atom. The van der Waals surface area contributed by atoms with Gasteiger partial charge in [-0.3, -0.25) is 19.1 Å². The quantitative estimate of drug-likeness (QED) is 0.794. The van der Waals surface area contributed by atoms with Crippen LogP contribution in [0, 0.1) is 11.8 Å². The number of rotatable bonds is 7. The van der Waals surface area contributed by atoms with Gasteiger partial charge in [0.05, 0.1) is 0 Å². The number of carbonyl (C=O) groups is 1. The molecular weight excluding hydrogens is 296 g/mol. The zero-order valence-electron chi connectivity index (χ0n) is 14.7. The standard InChI is InChI=1S/C16H28N4O3/c1-6-7-8-19-13(17)12(14(21)18-16(19)23)20(9-10(2)3)15(22)11(4)5/h10-11H,6-9,17H2,1-5H3,(H,18,21,23). The average molecular weight is 324 g/mol. The van der Waals surface area contributed by atoms with Crippen LogP contribution < -0.4 is 21.9 Å². The number of amides is 1. The molecule has 0 fully saturated rings. The van der Waals surface area contributed by atoms with Gasteiger partial charge in [0, 0.05) is 19.0 Å². The van der Waals surface area contributed by atoms with Crippen molar-refractivity contribution in [2.45, 2.75) is 54.0 Å². The second-order valence-corrected chi connectivity index (χ2v) is 6.50. The first-order chi connectivity index (χ1) is 10.7. The van der Waals surface area contributed by atoms with Crippen LogP contribution in [0.3, 0.4) is 0 Å². The summed E-state index contributed by atoms with van der Waals surface area (Å²) < 4.78 is 1.33. The predicted molar refractivity (Wildman–Crippen MR) is 92.7 cm³/mol. The summed E-state index contributed by atoms with van der Waals surface area (Å²) in [5, 5.41) is 0. The van der Waals surface area contributed by atoms with Crippen LogP contribution in [-0.4, -0.2) is 22.0 Å². The summed E-state index contributed by atoms with van der Waals surface area (Å²) in [5.41, 5.74) is 5.01. The lowest BCUT2D eigenvalue weighted by Gasteiger charge is -2.27. The first-order valence-corrected chi connectivity index (χ1v) is 8.14. The molecule has 0 aliphatic heterocycles. The van der Waals surface area contributed by atoms with Crippen LogP contribution in [-0.2, 0) is 11.3 Å². The molecule has 0 aromatic carbocycles. The first-order valence-electron chi connectivity index (χ1n) is 8.14. The Morgan fingerprint density at radius 2 is 1.87 bits per heavy atom. The number of anilines is 2. The van der Waals surface area contributed by atoms with Crippen LogP contribution in [0.1, 0.15) is 47.5 Å². The van der Waals surface area contributed by atoms with Crippen LogP contribution >= 0.6 is 0 Å². The van der Waals surface area contributed by atoms with Gasteiger partial charge in [0.25, 0.3) is 5.56 Å². The number of nitrogens with two attached hydrogens (primary N) is 1. The van der Waals surface area contributed by atoms with Gasteiger partial charge >= 0.3 is 5.69 Å². The van der Waals surface area contributed by atoms with Crippen molar-refractivity contribution < 1.29 is 4.79 Å². The van der Waals surface area contributed by atoms with E-state index < -0.39 is 11.2 Å². The Hall–Kier alpha value is -2.05. The van der Waals surface area contributed by atoms with E-state index in [1.807, 2.05) is 20.8 Å². The van der Waals surface area contributed by atoms with E-state index in [2.05, 4.69) is 4.98 Å². The average Bonchev–Trinajstić information content (AvgIpc) is 2.44. The Bertz CT molecular complexity index is 658. The molecule has 23 heavy (non-hydrogen) atoms. The predicted octanol–water partition coefficient (Wildman–Crippen LogP) is 1.56. The number of aromatic amines is 1. The molecule has 1 aromatic heterocycles. The van der Waals surface area contributed by atoms with E-state index in [-0.39, 0.29) is 29.2 Å². The summed E-state index contributed by atoms with van der Waals surface area (Å²) in [6.07, 6.45) is 1.65. The van der Waals surface area contributed by atoms with E-state index in [0.29, 0.717) is 13.1 Å². The highest BCUT2D eigenvalue weighted by atomic mass is 16.2. The number of nitrogens with one attached hydrogen (secondary N) is 1. The number of H-pyrrole nitrogens is 1. The van der Waals surface area contributed by atoms with Gasteiger partial charge in [-0.1, -0.05) is 41.0 Å². The number of hydrogen-bond acceptors (Lipinski definition) is 4. The Kier molecular flexibility index (Phi) is 6.60. The van der Waals surface area contributed by atoms with Gasteiger partial charge in [-0.05, 0) is 12.3 Å². The number of carbonyl (C=O) groups excluding carboxylic acids is 1. The molecule has 3 N–H and O–H groups in total. The lowest BCUT2D eigenvalue weighted by atomic mass is 10.1. The van der Waals surface area contributed by atoms with Crippen LogP contribution in [0.25, 0.3) is 0 Å². The molecule has 1 aromatic rings. The van der Waals surface area contributed by atoms with Crippen molar-refractivity contribution in [3.63, 3.8) is 0 Å². The molecule has 0 aliphatic rings. The topological polar surface area (TPSA) is 101 Å². The number of aromatic nitrogens is 2. The van der Waals surface area contributed by atoms with E-state index in [4.69, 9.17) is 5.73 Å². The minimum absolute atomic E-state index is 0.0573. The fraction of sp³-hybridized carbons (Fsp3) is 0.688. The molecule has 0 spiro atoms. The van der Waals surface area contributed by atoms with Gasteiger partial charge in [0.15, 0.2) is 5.69 Å². The van der Waals surface area contributed by atoms with Crippen LogP contribution in [0.2, 0.25) is 0 Å². The molecule has 1 amide bonds. The molecule has 0 saturated heterocycles. The number of nitrogens with zero attached hydrogens (tertiary/aromatic N) is 2. The first kappa shape index (κ1) is 19.0. The Labute approximate surface area is 136 Å². The molecule has 0 saturated carbocycles. The minimum Gasteiger partial charge on any atom is -0.383 e. The minimum atomic E-state index is -0.616. The summed E-state index contributed by atoms with van der Waals surface area (Å²) in [6.45, 7) is 10.2. The van der Waals surface area contributed by atoms with Crippen LogP contribution in [0.15, 0.2) is 9.59 Å². The Balaban J connectivity index is 3.49. The summed E-state index contributed by atoms with van der Waals surface area (Å²) in [6, 6.07) is 0. The second-order valence-electron chi connectivity index (χ2n) is 6.50. The van der Waals surface area contributed by atoms with E-state index in [0.717, 1.165) is 12.8 Å². The molecule has 0 aliphatic carbocycles. The van der Waals surface area contributed by atoms with E-state index in [1.165, 1.54) is 9.47 Å². The molecule has 0 radical (unpaired) electrons. The summed E-state index contributed by atoms with van der Waals surface area (Å²) in [5.74, 6) is -0.241. The molecule has 1 rings (SSSR count). The number of nitrogen functional groups attached to an aromatic ring is 1. The molecule has 0 bridgehead atoms. The Morgan fingerprint density at radius 1 is 1.26 bits per heavy atom. The van der Waals surface area contributed by atoms with Crippen molar-refractivity contribution in [2.75, 3.05) is 17.2 Å². The summed E-state index contributed by atoms with van der Waals surface area (Å²) in [7, 11) is 0. The monoisotopic (exact) mass is 324 g/mol. The molecule has 0 unspecified atom stereocenters. The van der Waals surface area contributed by atoms with Crippen molar-refractivity contribution in [1.82, 2.24) is 9.55 Å². The van der Waals surface area contributed by atoms with Crippen molar-refractivity contribution in [1.29, 1.82) is 0 Å². The molecule has 7 heteroatoms. The van der Waals surface area contributed by atoms with Crippen LogP contribution in [0.5, 0.6) is 0 Å². The summed E-state index contributed by atoms with van der Waals surface area (Å²) >= 11 is 0. The zero-order valence-corrected chi connectivity index (χ0v) is 14.7. The lowest BCUT2D eigenvalue weighted by Crippen LogP contribution is -2.44. The lowest BCUT2D eigenvalue weighted by molar-refractivity contribution is -0.121. The highest BCUT2D eigenvalue weighted by Gasteiger charge is 2.26. The summed E-state index contributed by atoms with van der Waals surface area (Å²) in [4.78, 5) is 40.5. The smallest absolute Gasteiger partial charge is 0.330 e. The van der Waals surface area contributed by atoms with Crippen molar-refractivity contribution in [2.24, 2.45) is 11.8 Å². The van der Waals surface area contributed by atoms with Crippen molar-refractivity contribution in [3.8, 4) is 0 Å². The molecule has 7 nitrogen and oxygen atoms in total. The van der Waals surface area contributed by atoms with E-state index >= 15 is 0 Å². The van der Waals surface area contributed by atoms with Gasteiger partial charge < -0.3 is 10.6 Å². The van der Waals surface area contributed by atoms with Gasteiger partial charge in [-0.2, -0.15) is 0 Å². The second kappa shape index (κ2) is 7.99. The third-order valence-corrected chi connectivity index (χ3v) is 3.53. The van der Waals surface area contributed by atoms with E-state index in [9.17, 15) is 14.4 Å². The molecule has 0 atom stereocenters. The fourth-order valence-corrected chi connectivity index (χ4v) is 2.34. The molecule has 1 heterocycles. The highest BCUT2D eigenvalue weighted by Crippen LogP contribution is 2.20. The third kappa shape index (κ3) is 4.46. The van der Waals surface area contributed by atoms with Gasteiger partial charge in [0.2, 0.25) is 5.91 Å². The van der Waals surface area contributed by atoms with E-state index in [1.54, 1.807) is 13.8 Å². The maximum atomic E-state index is 12.5. The van der Waals surface area contributed by atoms with Crippen LogP contribution in [0.4, 0.5) is 11.5 Å². The maximum Gasteiger partial charge on any atom is 0.330 e. The maximum absolute atomic E-state index is 12.5. The fourth-order valence-electron chi connectivity index (χ4n) is 2.34.